The molecule has 0 unspecified atom stereocenters. The van der Waals surface area contributed by atoms with E-state index in [-0.39, 0.29) is 5.91 Å². The van der Waals surface area contributed by atoms with Crippen LogP contribution in [0.2, 0.25) is 0 Å². The predicted molar refractivity (Wildman–Crippen MR) is 95.2 cm³/mol. The number of fused-ring (bicyclic) bond motifs is 1. The maximum Gasteiger partial charge on any atom is 0.271 e. The summed E-state index contributed by atoms with van der Waals surface area (Å²) in [7, 11) is 0. The Bertz CT molecular complexity index is 982. The Morgan fingerprint density at radius 3 is 3.00 bits per heavy atom. The highest BCUT2D eigenvalue weighted by Crippen LogP contribution is 2.18. The number of carbonyl (C=O) groups excluding carboxylic acids is 1. The summed E-state index contributed by atoms with van der Waals surface area (Å²) < 4.78 is 7.48. The first-order chi connectivity index (χ1) is 12.3. The van der Waals surface area contributed by atoms with Gasteiger partial charge >= 0.3 is 0 Å². The molecule has 6 nitrogen and oxygen atoms in total. The summed E-state index contributed by atoms with van der Waals surface area (Å²) in [6, 6.07) is 15.7. The molecule has 1 aromatic carbocycles. The second-order valence-corrected chi connectivity index (χ2v) is 5.82. The van der Waals surface area contributed by atoms with E-state index in [9.17, 15) is 4.79 Å². The summed E-state index contributed by atoms with van der Waals surface area (Å²) in [5, 5.41) is 11.0. The fraction of sp³-hybridized carbons (Fsp3) is 0.158. The number of rotatable bonds is 6. The number of aryl methyl sites for hydroxylation is 1. The average molecular weight is 334 g/mol. The second-order valence-electron chi connectivity index (χ2n) is 5.82. The van der Waals surface area contributed by atoms with Crippen molar-refractivity contribution < 1.29 is 9.21 Å². The van der Waals surface area contributed by atoms with Gasteiger partial charge in [0.05, 0.1) is 6.26 Å². The standard InChI is InChI=1S/C19H18N4O2/c24-19(16-13-15(21-22-16)18-7-3-12-25-18)20-9-4-10-23-11-8-14-5-1-2-6-17(14)23/h1-3,5-8,11-13H,4,9-10H2,(H,20,24)(H,21,22). The van der Waals surface area contributed by atoms with Crippen LogP contribution in [0.1, 0.15) is 16.9 Å². The van der Waals surface area contributed by atoms with Crippen LogP contribution in [0.5, 0.6) is 0 Å². The van der Waals surface area contributed by atoms with Gasteiger partial charge in [0.15, 0.2) is 11.5 Å². The molecular formula is C19H18N4O2. The largest absolute Gasteiger partial charge is 0.463 e. The average Bonchev–Trinajstić information content (AvgIpc) is 3.38. The minimum Gasteiger partial charge on any atom is -0.463 e. The maximum atomic E-state index is 12.2. The highest BCUT2D eigenvalue weighted by Gasteiger charge is 2.12. The first-order valence-electron chi connectivity index (χ1n) is 8.22. The zero-order valence-corrected chi connectivity index (χ0v) is 13.6. The molecule has 2 N–H and O–H groups in total. The number of aromatic nitrogens is 3. The molecule has 4 rings (SSSR count). The number of amides is 1. The molecule has 4 aromatic rings. The van der Waals surface area contributed by atoms with Crippen LogP contribution in [0.25, 0.3) is 22.4 Å². The van der Waals surface area contributed by atoms with Crippen molar-refractivity contribution in [3.63, 3.8) is 0 Å². The number of benzene rings is 1. The van der Waals surface area contributed by atoms with Gasteiger partial charge in [-0.25, -0.2) is 0 Å². The van der Waals surface area contributed by atoms with Crippen molar-refractivity contribution in [2.45, 2.75) is 13.0 Å². The molecule has 0 fully saturated rings. The third kappa shape index (κ3) is 3.19. The molecule has 0 aliphatic heterocycles. The van der Waals surface area contributed by atoms with Crippen LogP contribution in [-0.2, 0) is 6.54 Å². The molecular weight excluding hydrogens is 316 g/mol. The van der Waals surface area contributed by atoms with Crippen molar-refractivity contribution in [3.8, 4) is 11.5 Å². The summed E-state index contributed by atoms with van der Waals surface area (Å²) in [6.07, 6.45) is 4.51. The topological polar surface area (TPSA) is 75.8 Å². The molecule has 6 heteroatoms. The first kappa shape index (κ1) is 15.3. The van der Waals surface area contributed by atoms with E-state index in [0.29, 0.717) is 23.7 Å². The Morgan fingerprint density at radius 2 is 2.12 bits per heavy atom. The SMILES string of the molecule is O=C(NCCCn1ccc2ccccc21)c1cc(-c2ccco2)[nH]n1. The van der Waals surface area contributed by atoms with Gasteiger partial charge in [0, 0.05) is 30.9 Å². The van der Waals surface area contributed by atoms with E-state index in [0.717, 1.165) is 13.0 Å². The highest BCUT2D eigenvalue weighted by molar-refractivity contribution is 5.93. The summed E-state index contributed by atoms with van der Waals surface area (Å²) >= 11 is 0. The summed E-state index contributed by atoms with van der Waals surface area (Å²) in [5.74, 6) is 0.470. The Kier molecular flexibility index (Phi) is 4.08. The predicted octanol–water partition coefficient (Wildman–Crippen LogP) is 3.44. The number of nitrogens with zero attached hydrogens (tertiary/aromatic N) is 2. The fourth-order valence-corrected chi connectivity index (χ4v) is 2.87. The maximum absolute atomic E-state index is 12.2. The Labute approximate surface area is 144 Å². The van der Waals surface area contributed by atoms with Crippen molar-refractivity contribution in [2.24, 2.45) is 0 Å². The quantitative estimate of drug-likeness (QED) is 0.530. The van der Waals surface area contributed by atoms with Gasteiger partial charge in [-0.3, -0.25) is 9.89 Å². The molecule has 0 radical (unpaired) electrons. The molecule has 3 heterocycles. The van der Waals surface area contributed by atoms with Gasteiger partial charge in [0.2, 0.25) is 0 Å². The summed E-state index contributed by atoms with van der Waals surface area (Å²) in [5.41, 5.74) is 2.26. The van der Waals surface area contributed by atoms with Crippen molar-refractivity contribution in [1.82, 2.24) is 20.1 Å². The van der Waals surface area contributed by atoms with Gasteiger partial charge in [0.1, 0.15) is 5.69 Å². The van der Waals surface area contributed by atoms with E-state index < -0.39 is 0 Å². The van der Waals surface area contributed by atoms with E-state index >= 15 is 0 Å². The number of para-hydroxylation sites is 1. The van der Waals surface area contributed by atoms with Crippen LogP contribution in [0, 0.1) is 0 Å². The van der Waals surface area contributed by atoms with Crippen LogP contribution < -0.4 is 5.32 Å². The van der Waals surface area contributed by atoms with Gasteiger partial charge in [0.25, 0.3) is 5.91 Å². The fourth-order valence-electron chi connectivity index (χ4n) is 2.87. The number of hydrogen-bond acceptors (Lipinski definition) is 3. The normalized spacial score (nSPS) is 11.0. The monoisotopic (exact) mass is 334 g/mol. The number of hydrogen-bond donors (Lipinski definition) is 2. The molecule has 0 aliphatic carbocycles. The lowest BCUT2D eigenvalue weighted by Gasteiger charge is -2.06. The van der Waals surface area contributed by atoms with Crippen LogP contribution in [0.4, 0.5) is 0 Å². The second kappa shape index (κ2) is 6.68. The number of carbonyl (C=O) groups is 1. The number of aromatic amines is 1. The van der Waals surface area contributed by atoms with Crippen LogP contribution >= 0.6 is 0 Å². The minimum absolute atomic E-state index is 0.188. The molecule has 3 aromatic heterocycles. The van der Waals surface area contributed by atoms with E-state index in [1.807, 2.05) is 18.2 Å². The lowest BCUT2D eigenvalue weighted by Crippen LogP contribution is -2.25. The molecule has 1 amide bonds. The zero-order valence-electron chi connectivity index (χ0n) is 13.6. The van der Waals surface area contributed by atoms with Crippen molar-refractivity contribution in [1.29, 1.82) is 0 Å². The molecule has 0 saturated carbocycles. The van der Waals surface area contributed by atoms with Gasteiger partial charge in [-0.2, -0.15) is 5.10 Å². The van der Waals surface area contributed by atoms with Crippen LogP contribution in [0.15, 0.2) is 65.4 Å². The molecule has 126 valence electrons. The smallest absolute Gasteiger partial charge is 0.271 e. The van der Waals surface area contributed by atoms with E-state index in [1.165, 1.54) is 10.9 Å². The van der Waals surface area contributed by atoms with Crippen molar-refractivity contribution in [3.05, 3.63) is 66.7 Å². The molecule has 0 bridgehead atoms. The molecule has 0 spiro atoms. The Morgan fingerprint density at radius 1 is 1.20 bits per heavy atom. The van der Waals surface area contributed by atoms with Gasteiger partial charge in [-0.15, -0.1) is 0 Å². The van der Waals surface area contributed by atoms with Crippen molar-refractivity contribution >= 4 is 16.8 Å². The van der Waals surface area contributed by atoms with Crippen LogP contribution in [0.3, 0.4) is 0 Å². The van der Waals surface area contributed by atoms with Crippen LogP contribution in [-0.4, -0.2) is 27.2 Å². The highest BCUT2D eigenvalue weighted by atomic mass is 16.3. The van der Waals surface area contributed by atoms with Gasteiger partial charge < -0.3 is 14.3 Å². The lowest BCUT2D eigenvalue weighted by molar-refractivity contribution is 0.0948. The van der Waals surface area contributed by atoms with Crippen molar-refractivity contribution in [2.75, 3.05) is 6.54 Å². The van der Waals surface area contributed by atoms with Gasteiger partial charge in [-0.05, 0) is 36.1 Å². The lowest BCUT2D eigenvalue weighted by atomic mass is 10.2. The first-order valence-corrected chi connectivity index (χ1v) is 8.22. The molecule has 0 saturated heterocycles. The third-order valence-electron chi connectivity index (χ3n) is 4.14. The number of H-pyrrole nitrogens is 1. The van der Waals surface area contributed by atoms with E-state index in [1.54, 1.807) is 18.4 Å². The Hall–Kier alpha value is -3.28. The molecule has 0 atom stereocenters. The summed E-state index contributed by atoms with van der Waals surface area (Å²) in [6.45, 7) is 1.44. The summed E-state index contributed by atoms with van der Waals surface area (Å²) in [4.78, 5) is 12.2. The number of furan rings is 1. The van der Waals surface area contributed by atoms with E-state index in [4.69, 9.17) is 4.42 Å². The third-order valence-corrected chi connectivity index (χ3v) is 4.14. The molecule has 0 aliphatic rings. The van der Waals surface area contributed by atoms with E-state index in [2.05, 4.69) is 44.5 Å². The van der Waals surface area contributed by atoms with Gasteiger partial charge in [-0.1, -0.05) is 18.2 Å². The number of nitrogens with one attached hydrogen (secondary N) is 2. The minimum atomic E-state index is -0.188. The zero-order chi connectivity index (χ0) is 17.1. The Balaban J connectivity index is 1.30. The molecule has 25 heavy (non-hydrogen) atoms.